The number of anilines is 1. The summed E-state index contributed by atoms with van der Waals surface area (Å²) in [7, 11) is 4.01. The third-order valence-electron chi connectivity index (χ3n) is 6.07. The van der Waals surface area contributed by atoms with Crippen molar-refractivity contribution in [1.82, 2.24) is 4.90 Å². The normalized spacial score (nSPS) is 11.9. The van der Waals surface area contributed by atoms with Crippen LogP contribution in [0.1, 0.15) is 24.5 Å². The monoisotopic (exact) mass is 480 g/mol. The lowest BCUT2D eigenvalue weighted by Gasteiger charge is -2.17. The minimum Gasteiger partial charge on any atom is -0.508 e. The van der Waals surface area contributed by atoms with Crippen molar-refractivity contribution < 1.29 is 14.6 Å². The fourth-order valence-electron chi connectivity index (χ4n) is 4.24. The number of benzene rings is 4. The fourth-order valence-corrected chi connectivity index (χ4v) is 4.24. The van der Waals surface area contributed by atoms with Gasteiger partial charge in [0, 0.05) is 12.2 Å². The quantitative estimate of drug-likeness (QED) is 0.214. The van der Waals surface area contributed by atoms with Gasteiger partial charge in [-0.3, -0.25) is 4.79 Å². The molecule has 1 amide bonds. The second kappa shape index (κ2) is 11.6. The number of allylic oxidation sites excluding steroid dienone is 1. The number of hydrogen-bond acceptors (Lipinski definition) is 4. The average molecular weight is 481 g/mol. The highest BCUT2D eigenvalue weighted by molar-refractivity contribution is 6.32. The molecule has 4 rings (SSSR count). The number of ether oxygens (including phenoxy) is 1. The van der Waals surface area contributed by atoms with Crippen molar-refractivity contribution in [2.24, 2.45) is 0 Å². The molecule has 184 valence electrons. The highest BCUT2D eigenvalue weighted by Crippen LogP contribution is 2.35. The molecule has 0 spiro atoms. The summed E-state index contributed by atoms with van der Waals surface area (Å²) in [4.78, 5) is 15.8. The van der Waals surface area contributed by atoms with Crippen LogP contribution in [0.5, 0.6) is 11.5 Å². The maximum Gasteiger partial charge on any atom is 0.256 e. The highest BCUT2D eigenvalue weighted by Gasteiger charge is 2.20. The Bertz CT molecular complexity index is 1350. The Morgan fingerprint density at radius 2 is 1.58 bits per heavy atom. The van der Waals surface area contributed by atoms with E-state index in [-0.39, 0.29) is 11.7 Å². The van der Waals surface area contributed by atoms with Crippen molar-refractivity contribution in [2.45, 2.75) is 13.3 Å². The maximum absolute atomic E-state index is 13.8. The van der Waals surface area contributed by atoms with Crippen LogP contribution >= 0.6 is 0 Å². The number of hydrogen-bond donors (Lipinski definition) is 2. The first-order chi connectivity index (χ1) is 17.5. The summed E-state index contributed by atoms with van der Waals surface area (Å²) in [5.41, 5.74) is 3.99. The van der Waals surface area contributed by atoms with E-state index in [2.05, 4.69) is 41.4 Å². The van der Waals surface area contributed by atoms with Gasteiger partial charge >= 0.3 is 0 Å². The van der Waals surface area contributed by atoms with Gasteiger partial charge in [0.1, 0.15) is 18.1 Å². The van der Waals surface area contributed by atoms with Crippen LogP contribution in [-0.2, 0) is 4.79 Å². The van der Waals surface area contributed by atoms with Gasteiger partial charge in [-0.15, -0.1) is 0 Å². The second-order valence-electron chi connectivity index (χ2n) is 8.91. The van der Waals surface area contributed by atoms with Crippen LogP contribution in [0, 0.1) is 0 Å². The van der Waals surface area contributed by atoms with Gasteiger partial charge in [-0.1, -0.05) is 61.5 Å². The topological polar surface area (TPSA) is 61.8 Å². The Morgan fingerprint density at radius 1 is 0.889 bits per heavy atom. The van der Waals surface area contributed by atoms with Crippen LogP contribution in [0.2, 0.25) is 0 Å². The SMILES string of the molecule is CCC(=C(C(=O)Nc1ccc(OCCN(C)C)cc1)c1ccc(O)cc1)c1cccc2ccccc12. The minimum absolute atomic E-state index is 0.159. The third-order valence-corrected chi connectivity index (χ3v) is 6.07. The molecule has 0 heterocycles. The molecule has 4 aromatic carbocycles. The van der Waals surface area contributed by atoms with Gasteiger partial charge in [0.05, 0.1) is 5.57 Å². The van der Waals surface area contributed by atoms with Crippen molar-refractivity contribution >= 4 is 33.5 Å². The summed E-state index contributed by atoms with van der Waals surface area (Å²) in [6, 6.07) is 28.6. The van der Waals surface area contributed by atoms with Crippen LogP contribution < -0.4 is 10.1 Å². The first-order valence-corrected chi connectivity index (χ1v) is 12.2. The molecule has 0 aliphatic heterocycles. The zero-order valence-electron chi connectivity index (χ0n) is 21.0. The number of rotatable bonds is 9. The van der Waals surface area contributed by atoms with E-state index in [0.717, 1.165) is 39.8 Å². The number of phenolic OH excluding ortho intramolecular Hbond substituents is 1. The van der Waals surface area contributed by atoms with E-state index in [4.69, 9.17) is 4.74 Å². The number of carbonyl (C=O) groups is 1. The van der Waals surface area contributed by atoms with E-state index in [0.29, 0.717) is 24.3 Å². The van der Waals surface area contributed by atoms with Gasteiger partial charge in [-0.25, -0.2) is 0 Å². The number of nitrogens with one attached hydrogen (secondary N) is 1. The Morgan fingerprint density at radius 3 is 2.28 bits per heavy atom. The van der Waals surface area contributed by atoms with Crippen molar-refractivity contribution in [3.05, 3.63) is 102 Å². The van der Waals surface area contributed by atoms with Crippen LogP contribution in [0.25, 0.3) is 21.9 Å². The summed E-state index contributed by atoms with van der Waals surface area (Å²) in [6.45, 7) is 3.48. The van der Waals surface area contributed by atoms with Crippen LogP contribution in [0.3, 0.4) is 0 Å². The first kappa shape index (κ1) is 25.0. The Labute approximate surface area is 212 Å². The van der Waals surface area contributed by atoms with Crippen LogP contribution in [-0.4, -0.2) is 43.2 Å². The number of aromatic hydroxyl groups is 1. The molecular formula is C31H32N2O3. The van der Waals surface area contributed by atoms with E-state index in [1.54, 1.807) is 24.3 Å². The second-order valence-corrected chi connectivity index (χ2v) is 8.91. The van der Waals surface area contributed by atoms with E-state index in [9.17, 15) is 9.90 Å². The summed E-state index contributed by atoms with van der Waals surface area (Å²) in [5, 5.41) is 15.1. The third kappa shape index (κ3) is 5.93. The Balaban J connectivity index is 1.71. The van der Waals surface area contributed by atoms with E-state index < -0.39 is 0 Å². The van der Waals surface area contributed by atoms with Gasteiger partial charge in [0.15, 0.2) is 0 Å². The predicted molar refractivity (Wildman–Crippen MR) is 148 cm³/mol. The molecular weight excluding hydrogens is 448 g/mol. The minimum atomic E-state index is -0.202. The molecule has 0 aliphatic rings. The largest absolute Gasteiger partial charge is 0.508 e. The zero-order chi connectivity index (χ0) is 25.5. The summed E-state index contributed by atoms with van der Waals surface area (Å²) >= 11 is 0. The number of amides is 1. The number of carbonyl (C=O) groups excluding carboxylic acids is 1. The van der Waals surface area contributed by atoms with Crippen molar-refractivity contribution in [3.63, 3.8) is 0 Å². The summed E-state index contributed by atoms with van der Waals surface area (Å²) in [6.07, 6.45) is 0.663. The molecule has 2 N–H and O–H groups in total. The number of likely N-dealkylation sites (N-methyl/N-ethyl adjacent to an activating group) is 1. The van der Waals surface area contributed by atoms with Gasteiger partial charge in [-0.2, -0.15) is 0 Å². The van der Waals surface area contributed by atoms with E-state index in [1.165, 1.54) is 0 Å². The Hall–Kier alpha value is -4.09. The molecule has 0 saturated heterocycles. The first-order valence-electron chi connectivity index (χ1n) is 12.2. The summed E-state index contributed by atoms with van der Waals surface area (Å²) < 4.78 is 5.77. The molecule has 0 unspecified atom stereocenters. The molecule has 4 aromatic rings. The highest BCUT2D eigenvalue weighted by atomic mass is 16.5. The van der Waals surface area contributed by atoms with Gasteiger partial charge in [-0.05, 0) is 84.4 Å². The predicted octanol–water partition coefficient (Wildman–Crippen LogP) is 6.45. The van der Waals surface area contributed by atoms with Gasteiger partial charge in [0.25, 0.3) is 5.91 Å². The molecule has 0 radical (unpaired) electrons. The van der Waals surface area contributed by atoms with Crippen molar-refractivity contribution in [3.8, 4) is 11.5 Å². The van der Waals surface area contributed by atoms with Crippen LogP contribution in [0.15, 0.2) is 91.0 Å². The molecule has 0 aromatic heterocycles. The molecule has 5 heteroatoms. The number of fused-ring (bicyclic) bond motifs is 1. The molecule has 36 heavy (non-hydrogen) atoms. The van der Waals surface area contributed by atoms with Crippen molar-refractivity contribution in [1.29, 1.82) is 0 Å². The summed E-state index contributed by atoms with van der Waals surface area (Å²) in [5.74, 6) is 0.715. The molecule has 0 fully saturated rings. The fraction of sp³-hybridized carbons (Fsp3) is 0.194. The molecule has 0 saturated carbocycles. The Kier molecular flexibility index (Phi) is 8.03. The molecule has 0 bridgehead atoms. The van der Waals surface area contributed by atoms with E-state index in [1.807, 2.05) is 56.6 Å². The standard InChI is InChI=1S/C31H32N2O3/c1-4-27(29-11-7-9-22-8-5-6-10-28(22)29)30(23-12-16-25(34)17-13-23)31(35)32-24-14-18-26(19-15-24)36-21-20-33(2)3/h5-19,34H,4,20-21H2,1-3H3,(H,32,35). The smallest absolute Gasteiger partial charge is 0.256 e. The van der Waals surface area contributed by atoms with Crippen LogP contribution in [0.4, 0.5) is 5.69 Å². The lowest BCUT2D eigenvalue weighted by molar-refractivity contribution is -0.111. The molecule has 0 atom stereocenters. The zero-order valence-corrected chi connectivity index (χ0v) is 21.0. The lowest BCUT2D eigenvalue weighted by atomic mass is 9.89. The maximum atomic E-state index is 13.8. The van der Waals surface area contributed by atoms with Gasteiger partial charge < -0.3 is 20.1 Å². The number of nitrogens with zero attached hydrogens (tertiary/aromatic N) is 1. The van der Waals surface area contributed by atoms with Crippen molar-refractivity contribution in [2.75, 3.05) is 32.6 Å². The average Bonchev–Trinajstić information content (AvgIpc) is 2.88. The van der Waals surface area contributed by atoms with E-state index >= 15 is 0 Å². The molecule has 5 nitrogen and oxygen atoms in total. The lowest BCUT2D eigenvalue weighted by Crippen LogP contribution is -2.19. The number of phenols is 1. The van der Waals surface area contributed by atoms with Gasteiger partial charge in [0.2, 0.25) is 0 Å². The molecule has 0 aliphatic carbocycles.